The lowest BCUT2D eigenvalue weighted by atomic mass is 10.2. The Balaban J connectivity index is 2.15. The molecule has 8 heteroatoms. The Hall–Kier alpha value is -2.19. The smallest absolute Gasteiger partial charge is 0.240 e. The molecule has 2 aromatic rings. The largest absolute Gasteiger partial charge is 0.497 e. The van der Waals surface area contributed by atoms with E-state index >= 15 is 0 Å². The molecule has 2 N–H and O–H groups in total. The molecular formula is C17H23N3O4S. The van der Waals surface area contributed by atoms with Crippen LogP contribution in [0.15, 0.2) is 29.6 Å². The number of aromatic nitrogens is 2. The van der Waals surface area contributed by atoms with E-state index in [1.165, 1.54) is 11.8 Å². The van der Waals surface area contributed by atoms with Crippen molar-refractivity contribution in [3.8, 4) is 11.5 Å². The summed E-state index contributed by atoms with van der Waals surface area (Å²) in [6, 6.07) is 5.67. The van der Waals surface area contributed by atoms with Gasteiger partial charge in [-0.1, -0.05) is 11.8 Å². The summed E-state index contributed by atoms with van der Waals surface area (Å²) in [5.41, 5.74) is 1.62. The Kier molecular flexibility index (Phi) is 7.15. The van der Waals surface area contributed by atoms with Crippen LogP contribution in [0, 0.1) is 0 Å². The average Bonchev–Trinajstić information content (AvgIpc) is 3.01. The Bertz CT molecular complexity index is 696. The van der Waals surface area contributed by atoms with Gasteiger partial charge in [0, 0.05) is 18.4 Å². The molecule has 1 aromatic heterocycles. The number of carbonyl (C=O) groups excluding carboxylic acids is 1. The fourth-order valence-corrected chi connectivity index (χ4v) is 3.22. The summed E-state index contributed by atoms with van der Waals surface area (Å²) in [6.07, 6.45) is 1.59. The molecule has 0 atom stereocenters. The number of methoxy groups -OCH3 is 2. The normalized spacial score (nSPS) is 10.6. The van der Waals surface area contributed by atoms with Crippen molar-refractivity contribution in [3.05, 3.63) is 35.7 Å². The van der Waals surface area contributed by atoms with Crippen molar-refractivity contribution < 1.29 is 19.4 Å². The molecule has 25 heavy (non-hydrogen) atoms. The number of benzene rings is 1. The standard InChI is InChI=1S/C17H23N3O4S/c1-4-18-16(22)9-20-13(10-21)8-19-17(20)25-11-12-5-14(23-2)7-15(6-12)24-3/h5-8,21H,4,9-11H2,1-3H3,(H,18,22). The first-order chi connectivity index (χ1) is 12.1. The van der Waals surface area contributed by atoms with Crippen LogP contribution in [-0.4, -0.2) is 41.3 Å². The van der Waals surface area contributed by atoms with Gasteiger partial charge in [0.2, 0.25) is 5.91 Å². The first-order valence-corrected chi connectivity index (χ1v) is 8.86. The number of hydrogen-bond acceptors (Lipinski definition) is 6. The summed E-state index contributed by atoms with van der Waals surface area (Å²) in [4.78, 5) is 16.2. The molecule has 1 amide bonds. The molecule has 0 aliphatic carbocycles. The quantitative estimate of drug-likeness (QED) is 0.660. The monoisotopic (exact) mass is 365 g/mol. The SMILES string of the molecule is CCNC(=O)Cn1c(CO)cnc1SCc1cc(OC)cc(OC)c1. The van der Waals surface area contributed by atoms with Crippen LogP contribution in [0.2, 0.25) is 0 Å². The van der Waals surface area contributed by atoms with Crippen LogP contribution in [0.3, 0.4) is 0 Å². The fourth-order valence-electron chi connectivity index (χ4n) is 2.30. The van der Waals surface area contributed by atoms with Crippen LogP contribution in [0.25, 0.3) is 0 Å². The highest BCUT2D eigenvalue weighted by atomic mass is 32.2. The Labute approximate surface area is 151 Å². The van der Waals surface area contributed by atoms with Crippen LogP contribution in [0.4, 0.5) is 0 Å². The second kappa shape index (κ2) is 9.33. The molecule has 0 radical (unpaired) electrons. The summed E-state index contributed by atoms with van der Waals surface area (Å²) >= 11 is 1.48. The predicted octanol–water partition coefficient (Wildman–Crippen LogP) is 1.82. The highest BCUT2D eigenvalue weighted by molar-refractivity contribution is 7.98. The van der Waals surface area contributed by atoms with E-state index in [1.54, 1.807) is 25.0 Å². The van der Waals surface area contributed by atoms with Gasteiger partial charge in [0.05, 0.1) is 32.7 Å². The van der Waals surface area contributed by atoms with E-state index in [4.69, 9.17) is 9.47 Å². The number of thioether (sulfide) groups is 1. The summed E-state index contributed by atoms with van der Waals surface area (Å²) in [6.45, 7) is 2.39. The van der Waals surface area contributed by atoms with Crippen LogP contribution in [-0.2, 0) is 23.7 Å². The molecule has 0 bridgehead atoms. The number of ether oxygens (including phenoxy) is 2. The van der Waals surface area contributed by atoms with Crippen LogP contribution in [0.5, 0.6) is 11.5 Å². The predicted molar refractivity (Wildman–Crippen MR) is 95.9 cm³/mol. The van der Waals surface area contributed by atoms with E-state index in [2.05, 4.69) is 10.3 Å². The van der Waals surface area contributed by atoms with E-state index in [1.807, 2.05) is 25.1 Å². The van der Waals surface area contributed by atoms with Crippen molar-refractivity contribution in [3.63, 3.8) is 0 Å². The zero-order chi connectivity index (χ0) is 18.2. The number of aliphatic hydroxyl groups excluding tert-OH is 1. The third-order valence-corrected chi connectivity index (χ3v) is 4.58. The van der Waals surface area contributed by atoms with Gasteiger partial charge >= 0.3 is 0 Å². The van der Waals surface area contributed by atoms with Gasteiger partial charge in [-0.25, -0.2) is 4.98 Å². The third-order valence-electron chi connectivity index (χ3n) is 3.52. The molecule has 0 saturated heterocycles. The first-order valence-electron chi connectivity index (χ1n) is 7.88. The maximum absolute atomic E-state index is 11.9. The first kappa shape index (κ1) is 19.1. The van der Waals surface area contributed by atoms with Gasteiger partial charge in [0.1, 0.15) is 18.0 Å². The zero-order valence-corrected chi connectivity index (χ0v) is 15.4. The number of imidazole rings is 1. The Morgan fingerprint density at radius 1 is 1.28 bits per heavy atom. The number of hydrogen-bond donors (Lipinski definition) is 2. The van der Waals surface area contributed by atoms with Crippen molar-refractivity contribution >= 4 is 17.7 Å². The number of aliphatic hydroxyl groups is 1. The van der Waals surface area contributed by atoms with Gasteiger partial charge in [0.15, 0.2) is 5.16 Å². The van der Waals surface area contributed by atoms with E-state index in [9.17, 15) is 9.90 Å². The lowest BCUT2D eigenvalue weighted by molar-refractivity contribution is -0.121. The van der Waals surface area contributed by atoms with Gasteiger partial charge in [-0.3, -0.25) is 4.79 Å². The molecule has 0 aliphatic rings. The molecule has 0 aliphatic heterocycles. The van der Waals surface area contributed by atoms with Crippen LogP contribution >= 0.6 is 11.8 Å². The number of carbonyl (C=O) groups is 1. The van der Waals surface area contributed by atoms with Crippen molar-refractivity contribution in [2.24, 2.45) is 0 Å². The Morgan fingerprint density at radius 2 is 1.96 bits per heavy atom. The molecule has 2 rings (SSSR count). The van der Waals surface area contributed by atoms with Crippen LogP contribution in [0.1, 0.15) is 18.2 Å². The van der Waals surface area contributed by atoms with Gasteiger partial charge in [-0.15, -0.1) is 0 Å². The fraction of sp³-hybridized carbons (Fsp3) is 0.412. The lowest BCUT2D eigenvalue weighted by Gasteiger charge is -2.11. The maximum atomic E-state index is 11.9. The van der Waals surface area contributed by atoms with Gasteiger partial charge in [-0.05, 0) is 24.6 Å². The number of nitrogens with zero attached hydrogens (tertiary/aromatic N) is 2. The second-order valence-corrected chi connectivity index (χ2v) is 6.18. The van der Waals surface area contributed by atoms with Crippen molar-refractivity contribution in [2.45, 2.75) is 31.0 Å². The minimum atomic E-state index is -0.167. The lowest BCUT2D eigenvalue weighted by Crippen LogP contribution is -2.28. The topological polar surface area (TPSA) is 85.6 Å². The maximum Gasteiger partial charge on any atom is 0.240 e. The molecule has 1 aromatic carbocycles. The molecule has 7 nitrogen and oxygen atoms in total. The summed E-state index contributed by atoms with van der Waals surface area (Å²) in [5, 5.41) is 12.9. The van der Waals surface area contributed by atoms with E-state index in [0.717, 1.165) is 17.1 Å². The molecular weight excluding hydrogens is 342 g/mol. The number of amides is 1. The minimum Gasteiger partial charge on any atom is -0.497 e. The van der Waals surface area contributed by atoms with Crippen LogP contribution < -0.4 is 14.8 Å². The zero-order valence-electron chi connectivity index (χ0n) is 14.6. The molecule has 0 fully saturated rings. The van der Waals surface area contributed by atoms with Gasteiger partial charge < -0.3 is 24.5 Å². The Morgan fingerprint density at radius 3 is 2.52 bits per heavy atom. The van der Waals surface area contributed by atoms with Crippen molar-refractivity contribution in [2.75, 3.05) is 20.8 Å². The molecule has 0 unspecified atom stereocenters. The van der Waals surface area contributed by atoms with Crippen molar-refractivity contribution in [1.29, 1.82) is 0 Å². The average molecular weight is 365 g/mol. The molecule has 1 heterocycles. The second-order valence-electron chi connectivity index (χ2n) is 5.24. The molecule has 0 saturated carbocycles. The highest BCUT2D eigenvalue weighted by Gasteiger charge is 2.14. The van der Waals surface area contributed by atoms with E-state index in [-0.39, 0.29) is 19.1 Å². The van der Waals surface area contributed by atoms with Crippen molar-refractivity contribution in [1.82, 2.24) is 14.9 Å². The van der Waals surface area contributed by atoms with Gasteiger partial charge in [0.25, 0.3) is 0 Å². The van der Waals surface area contributed by atoms with E-state index in [0.29, 0.717) is 23.1 Å². The summed E-state index contributed by atoms with van der Waals surface area (Å²) in [5.74, 6) is 1.96. The summed E-state index contributed by atoms with van der Waals surface area (Å²) in [7, 11) is 3.22. The number of likely N-dealkylation sites (N-methyl/N-ethyl adjacent to an activating group) is 1. The minimum absolute atomic E-state index is 0.111. The number of nitrogens with one attached hydrogen (secondary N) is 1. The van der Waals surface area contributed by atoms with E-state index < -0.39 is 0 Å². The molecule has 136 valence electrons. The van der Waals surface area contributed by atoms with Gasteiger partial charge in [-0.2, -0.15) is 0 Å². The summed E-state index contributed by atoms with van der Waals surface area (Å²) < 4.78 is 12.3. The molecule has 0 spiro atoms. The highest BCUT2D eigenvalue weighted by Crippen LogP contribution is 2.28. The number of rotatable bonds is 9. The third kappa shape index (κ3) is 5.14.